The molecule has 1 aromatic carbocycles. The minimum atomic E-state index is -2.76. The predicted molar refractivity (Wildman–Crippen MR) is 138 cm³/mol. The Balaban J connectivity index is 1.34. The van der Waals surface area contributed by atoms with E-state index in [0.717, 1.165) is 16.6 Å². The van der Waals surface area contributed by atoms with Gasteiger partial charge >= 0.3 is 6.55 Å². The zero-order valence-electron chi connectivity index (χ0n) is 20.9. The summed E-state index contributed by atoms with van der Waals surface area (Å²) in [6.07, 6.45) is 4.07. The van der Waals surface area contributed by atoms with E-state index in [9.17, 15) is 13.6 Å². The van der Waals surface area contributed by atoms with Crippen LogP contribution in [0.4, 0.5) is 20.5 Å². The molecule has 0 aliphatic carbocycles. The van der Waals surface area contributed by atoms with Gasteiger partial charge in [-0.3, -0.25) is 9.36 Å². The molecule has 13 nitrogen and oxygen atoms in total. The number of nitrogens with one attached hydrogen (secondary N) is 2. The number of H-pyrrole nitrogens is 1. The normalized spacial score (nSPS) is 14.9. The van der Waals surface area contributed by atoms with Gasteiger partial charge in [-0.15, -0.1) is 0 Å². The minimum absolute atomic E-state index is 0.292. The van der Waals surface area contributed by atoms with Crippen molar-refractivity contribution in [2.24, 2.45) is 5.73 Å². The second kappa shape index (κ2) is 9.90. The van der Waals surface area contributed by atoms with E-state index >= 15 is 0 Å². The van der Waals surface area contributed by atoms with Crippen LogP contribution in [0, 0.1) is 0 Å². The molecule has 1 aliphatic heterocycles. The fourth-order valence-electron chi connectivity index (χ4n) is 4.43. The van der Waals surface area contributed by atoms with Crippen molar-refractivity contribution >= 4 is 39.9 Å². The monoisotopic (exact) mass is 537 g/mol. The van der Waals surface area contributed by atoms with Crippen LogP contribution in [0.2, 0.25) is 0 Å². The predicted octanol–water partition coefficient (Wildman–Crippen LogP) is 2.32. The molecule has 5 aromatic rings. The van der Waals surface area contributed by atoms with Crippen molar-refractivity contribution in [3.63, 3.8) is 0 Å². The first-order valence-electron chi connectivity index (χ1n) is 12.3. The highest BCUT2D eigenvalue weighted by Gasteiger charge is 2.21. The van der Waals surface area contributed by atoms with Crippen LogP contribution >= 0.6 is 0 Å². The van der Waals surface area contributed by atoms with Crippen molar-refractivity contribution in [3.8, 4) is 5.69 Å². The molecule has 0 spiro atoms. The first-order valence-corrected chi connectivity index (χ1v) is 12.3. The summed E-state index contributed by atoms with van der Waals surface area (Å²) in [6, 6.07) is 5.54. The zero-order valence-corrected chi connectivity index (χ0v) is 20.9. The van der Waals surface area contributed by atoms with E-state index in [1.54, 1.807) is 11.5 Å². The van der Waals surface area contributed by atoms with Gasteiger partial charge in [-0.05, 0) is 24.6 Å². The van der Waals surface area contributed by atoms with Crippen molar-refractivity contribution in [3.05, 3.63) is 48.3 Å². The van der Waals surface area contributed by atoms with Gasteiger partial charge in [-0.25, -0.2) is 14.6 Å². The number of hydrogen-bond donors (Lipinski definition) is 3. The molecule has 1 saturated heterocycles. The molecule has 39 heavy (non-hydrogen) atoms. The number of imidazole rings is 2. The van der Waals surface area contributed by atoms with Crippen LogP contribution in [-0.4, -0.2) is 71.5 Å². The molecule has 1 atom stereocenters. The number of anilines is 2. The number of morpholine rings is 1. The van der Waals surface area contributed by atoms with Crippen LogP contribution in [0.25, 0.3) is 27.9 Å². The molecule has 4 N–H and O–H groups in total. The van der Waals surface area contributed by atoms with E-state index in [-0.39, 0.29) is 0 Å². The van der Waals surface area contributed by atoms with E-state index in [0.29, 0.717) is 72.0 Å². The van der Waals surface area contributed by atoms with Crippen molar-refractivity contribution in [1.29, 1.82) is 0 Å². The van der Waals surface area contributed by atoms with E-state index in [1.165, 1.54) is 18.7 Å². The summed E-state index contributed by atoms with van der Waals surface area (Å²) >= 11 is 0. The fourth-order valence-corrected chi connectivity index (χ4v) is 4.43. The van der Waals surface area contributed by atoms with Gasteiger partial charge in [0, 0.05) is 13.1 Å². The number of halogens is 2. The third-order valence-corrected chi connectivity index (χ3v) is 6.65. The summed E-state index contributed by atoms with van der Waals surface area (Å²) < 4.78 is 33.9. The first kappa shape index (κ1) is 24.7. The summed E-state index contributed by atoms with van der Waals surface area (Å²) in [5.74, 6) is 0.748. The highest BCUT2D eigenvalue weighted by atomic mass is 19.3. The van der Waals surface area contributed by atoms with Crippen LogP contribution in [0.5, 0.6) is 0 Å². The molecule has 15 heteroatoms. The fraction of sp³-hybridized carbons (Fsp3) is 0.333. The molecule has 1 aliphatic rings. The third kappa shape index (κ3) is 4.71. The number of fused-ring (bicyclic) bond motifs is 2. The summed E-state index contributed by atoms with van der Waals surface area (Å²) in [6.45, 7) is 1.59. The Kier molecular flexibility index (Phi) is 6.26. The van der Waals surface area contributed by atoms with Gasteiger partial charge in [-0.1, -0.05) is 6.07 Å². The largest absolute Gasteiger partial charge is 0.378 e. The Morgan fingerprint density at radius 3 is 2.79 bits per heavy atom. The molecule has 1 unspecified atom stereocenters. The van der Waals surface area contributed by atoms with Crippen molar-refractivity contribution in [1.82, 2.24) is 39.3 Å². The molecule has 202 valence electrons. The standard InChI is InChI=1S/C24H25F2N11O2/c1-13(20(27)38)14-2-3-16-17(8-14)32-18(31-16)10-28-21-19-22(34-24(33-21)35-4-6-39-7-5-35)36(12-29-19)15-9-30-37(11-15)23(25)26/h2-3,8-9,11-13,23H,4-7,10H2,1H3,(H2,27,38)(H,31,32)(H,28,33,34). The number of rotatable bonds is 8. The number of ether oxygens (including phenoxy) is 1. The maximum Gasteiger partial charge on any atom is 0.333 e. The maximum atomic E-state index is 13.1. The van der Waals surface area contributed by atoms with Gasteiger partial charge in [0.05, 0.1) is 54.8 Å². The molecular weight excluding hydrogens is 512 g/mol. The highest BCUT2D eigenvalue weighted by Crippen LogP contribution is 2.27. The lowest BCUT2D eigenvalue weighted by Gasteiger charge is -2.27. The molecule has 4 aromatic heterocycles. The number of alkyl halides is 2. The number of carbonyl (C=O) groups excluding carboxylic acids is 1. The first-order chi connectivity index (χ1) is 18.9. The molecule has 0 bridgehead atoms. The van der Waals surface area contributed by atoms with Crippen molar-refractivity contribution in [2.75, 3.05) is 36.5 Å². The quantitative estimate of drug-likeness (QED) is 0.270. The van der Waals surface area contributed by atoms with Crippen LogP contribution in [0.3, 0.4) is 0 Å². The van der Waals surface area contributed by atoms with Gasteiger partial charge in [0.15, 0.2) is 17.0 Å². The zero-order chi connectivity index (χ0) is 27.1. The van der Waals surface area contributed by atoms with Gasteiger partial charge in [-0.2, -0.15) is 23.8 Å². The molecule has 1 amide bonds. The topological polar surface area (TPSA) is 158 Å². The second-order valence-corrected chi connectivity index (χ2v) is 9.15. The Hall–Kier alpha value is -4.66. The number of aromatic nitrogens is 8. The number of benzene rings is 1. The highest BCUT2D eigenvalue weighted by molar-refractivity contribution is 5.86. The van der Waals surface area contributed by atoms with Crippen LogP contribution in [0.15, 0.2) is 36.9 Å². The number of carbonyl (C=O) groups is 1. The van der Waals surface area contributed by atoms with E-state index < -0.39 is 18.4 Å². The number of primary amides is 1. The van der Waals surface area contributed by atoms with Gasteiger partial charge < -0.3 is 25.7 Å². The van der Waals surface area contributed by atoms with Crippen LogP contribution in [0.1, 0.15) is 30.8 Å². The lowest BCUT2D eigenvalue weighted by molar-refractivity contribution is -0.119. The van der Waals surface area contributed by atoms with Crippen LogP contribution in [-0.2, 0) is 16.1 Å². The Labute approximate surface area is 220 Å². The van der Waals surface area contributed by atoms with Crippen LogP contribution < -0.4 is 16.0 Å². The maximum absolute atomic E-state index is 13.1. The Morgan fingerprint density at radius 2 is 2.05 bits per heavy atom. The van der Waals surface area contributed by atoms with Crippen molar-refractivity contribution < 1.29 is 18.3 Å². The van der Waals surface area contributed by atoms with Gasteiger partial charge in [0.25, 0.3) is 0 Å². The van der Waals surface area contributed by atoms with Gasteiger partial charge in [0.2, 0.25) is 11.9 Å². The summed E-state index contributed by atoms with van der Waals surface area (Å²) in [7, 11) is 0. The Bertz CT molecular complexity index is 1650. The smallest absolute Gasteiger partial charge is 0.333 e. The third-order valence-electron chi connectivity index (χ3n) is 6.65. The Morgan fingerprint density at radius 1 is 1.23 bits per heavy atom. The molecule has 0 saturated carbocycles. The number of amides is 1. The molecule has 1 fully saturated rings. The lowest BCUT2D eigenvalue weighted by Crippen LogP contribution is -2.37. The number of nitrogens with two attached hydrogens (primary N) is 1. The number of nitrogens with zero attached hydrogens (tertiary/aromatic N) is 8. The minimum Gasteiger partial charge on any atom is -0.378 e. The van der Waals surface area contributed by atoms with Crippen molar-refractivity contribution in [2.45, 2.75) is 25.9 Å². The lowest BCUT2D eigenvalue weighted by atomic mass is 10.0. The molecule has 5 heterocycles. The molecular formula is C24H25F2N11O2. The second-order valence-electron chi connectivity index (χ2n) is 9.15. The molecule has 0 radical (unpaired) electrons. The summed E-state index contributed by atoms with van der Waals surface area (Å²) in [5, 5.41) is 7.03. The summed E-state index contributed by atoms with van der Waals surface area (Å²) in [4.78, 5) is 35.4. The number of aromatic amines is 1. The van der Waals surface area contributed by atoms with E-state index in [2.05, 4.69) is 25.4 Å². The summed E-state index contributed by atoms with van der Waals surface area (Å²) in [5.41, 5.74) is 9.07. The average molecular weight is 538 g/mol. The van der Waals surface area contributed by atoms with E-state index in [4.69, 9.17) is 20.4 Å². The van der Waals surface area contributed by atoms with E-state index in [1.807, 2.05) is 23.1 Å². The number of hydrogen-bond acceptors (Lipinski definition) is 9. The van der Waals surface area contributed by atoms with Gasteiger partial charge in [0.1, 0.15) is 12.2 Å². The average Bonchev–Trinajstić information content (AvgIpc) is 3.69. The molecule has 6 rings (SSSR count). The SMILES string of the molecule is CC(C(N)=O)c1ccc2nc(CNc3nc(N4CCOCC4)nc4c3ncn4-c3cnn(C(F)F)c3)[nH]c2c1.